The Morgan fingerprint density at radius 1 is 1.12 bits per heavy atom. The van der Waals surface area contributed by atoms with Crippen molar-refractivity contribution >= 4 is 30.7 Å². The molecule has 0 unspecified atom stereocenters. The first kappa shape index (κ1) is 24.5. The van der Waals surface area contributed by atoms with Crippen LogP contribution in [0.3, 0.4) is 0 Å². The van der Waals surface area contributed by atoms with Crippen LogP contribution in [0.15, 0.2) is 47.0 Å². The van der Waals surface area contributed by atoms with Gasteiger partial charge in [0.25, 0.3) is 5.91 Å². The molecule has 34 heavy (non-hydrogen) atoms. The summed E-state index contributed by atoms with van der Waals surface area (Å²) in [6.07, 6.45) is 8.61. The van der Waals surface area contributed by atoms with Gasteiger partial charge < -0.3 is 9.80 Å². The van der Waals surface area contributed by atoms with Gasteiger partial charge in [-0.05, 0) is 50.7 Å². The fraction of sp³-hybridized carbons (Fsp3) is 0.556. The minimum Gasteiger partial charge on any atom is -0.339 e. The standard InChI is InChI=1S/C25H28N4O2S.C2H6/c26-16-18-13-24(14-20(15-24)27-17-18)21-7-4-10-29(21)23(31)25(32)8-11-28(12-9-25)22(30)19-5-2-1-3-6-19;1-2/h1-3,5-6,13,17,20-21,32H,4,7-12,14-15H2;1-2H3/t20?,21-,24?;/m0./s1. The van der Waals surface area contributed by atoms with E-state index in [0.29, 0.717) is 37.1 Å². The van der Waals surface area contributed by atoms with Crippen molar-refractivity contribution in [3.63, 3.8) is 0 Å². The van der Waals surface area contributed by atoms with Crippen molar-refractivity contribution in [1.82, 2.24) is 9.80 Å². The number of nitriles is 1. The summed E-state index contributed by atoms with van der Waals surface area (Å²) in [5, 5.41) is 9.45. The van der Waals surface area contributed by atoms with Crippen LogP contribution in [-0.2, 0) is 4.79 Å². The first-order valence-corrected chi connectivity index (χ1v) is 12.9. The lowest BCUT2D eigenvalue weighted by Crippen LogP contribution is -2.58. The Bertz CT molecular complexity index is 1010. The van der Waals surface area contributed by atoms with E-state index in [9.17, 15) is 14.9 Å². The number of hydrogen-bond donors (Lipinski definition) is 1. The number of carbonyl (C=O) groups is 2. The van der Waals surface area contributed by atoms with Crippen LogP contribution in [-0.4, -0.2) is 64.3 Å². The minimum absolute atomic E-state index is 0.0134. The Balaban J connectivity index is 0.00000133. The maximum absolute atomic E-state index is 13.7. The Hall–Kier alpha value is -2.59. The molecule has 1 saturated carbocycles. The van der Waals surface area contributed by atoms with E-state index < -0.39 is 4.75 Å². The van der Waals surface area contributed by atoms with Gasteiger partial charge in [0.15, 0.2) is 0 Å². The molecule has 6 nitrogen and oxygen atoms in total. The van der Waals surface area contributed by atoms with Crippen molar-refractivity contribution in [3.05, 3.63) is 47.5 Å². The zero-order valence-corrected chi connectivity index (χ0v) is 21.0. The fourth-order valence-electron chi connectivity index (χ4n) is 5.93. The molecule has 0 aromatic heterocycles. The topological polar surface area (TPSA) is 76.8 Å². The lowest BCUT2D eigenvalue weighted by atomic mass is 9.60. The molecule has 4 aliphatic heterocycles. The molecule has 7 heteroatoms. The molecule has 3 fully saturated rings. The molecule has 0 spiro atoms. The third-order valence-corrected chi connectivity index (χ3v) is 8.34. The number of hydrogen-bond acceptors (Lipinski definition) is 5. The predicted molar refractivity (Wildman–Crippen MR) is 137 cm³/mol. The number of piperidine rings is 1. The number of carbonyl (C=O) groups excluding carboxylic acids is 2. The molecule has 4 heterocycles. The second kappa shape index (κ2) is 9.95. The number of amides is 2. The maximum Gasteiger partial charge on any atom is 0.253 e. The van der Waals surface area contributed by atoms with Crippen molar-refractivity contribution in [2.24, 2.45) is 10.4 Å². The van der Waals surface area contributed by atoms with E-state index in [1.54, 1.807) is 6.21 Å². The SMILES string of the molecule is CC.N#CC1=CC2([C@@H]3CCCN3C(=O)C3(S)CCN(C(=O)c4ccccc4)CC3)CC(C2)N=C1. The average molecular weight is 479 g/mol. The maximum atomic E-state index is 13.7. The summed E-state index contributed by atoms with van der Waals surface area (Å²) < 4.78 is -0.751. The monoisotopic (exact) mass is 478 g/mol. The smallest absolute Gasteiger partial charge is 0.253 e. The number of aliphatic imine (C=N–C) groups is 1. The lowest BCUT2D eigenvalue weighted by Gasteiger charge is -2.51. The van der Waals surface area contributed by atoms with E-state index in [2.05, 4.69) is 17.1 Å². The first-order valence-electron chi connectivity index (χ1n) is 12.5. The van der Waals surface area contributed by atoms with Crippen LogP contribution >= 0.6 is 12.6 Å². The fourth-order valence-corrected chi connectivity index (χ4v) is 6.26. The lowest BCUT2D eigenvalue weighted by molar-refractivity contribution is -0.139. The molecular weight excluding hydrogens is 444 g/mol. The van der Waals surface area contributed by atoms with Crippen molar-refractivity contribution in [2.75, 3.05) is 19.6 Å². The van der Waals surface area contributed by atoms with Crippen LogP contribution in [0, 0.1) is 16.7 Å². The third kappa shape index (κ3) is 4.40. The van der Waals surface area contributed by atoms with Crippen molar-refractivity contribution in [1.29, 1.82) is 5.26 Å². The Morgan fingerprint density at radius 2 is 1.79 bits per heavy atom. The van der Waals surface area contributed by atoms with Gasteiger partial charge in [-0.15, -0.1) is 0 Å². The Morgan fingerprint density at radius 3 is 2.44 bits per heavy atom. The number of thiol groups is 1. The number of likely N-dealkylation sites (tertiary alicyclic amines) is 2. The molecule has 1 aromatic rings. The van der Waals surface area contributed by atoms with E-state index in [4.69, 9.17) is 12.6 Å². The van der Waals surface area contributed by atoms with Gasteiger partial charge in [-0.2, -0.15) is 17.9 Å². The van der Waals surface area contributed by atoms with Gasteiger partial charge in [-0.1, -0.05) is 38.1 Å². The highest BCUT2D eigenvalue weighted by Gasteiger charge is 2.55. The Labute approximate surface area is 208 Å². The summed E-state index contributed by atoms with van der Waals surface area (Å²) in [7, 11) is 0. The summed E-state index contributed by atoms with van der Waals surface area (Å²) in [5.41, 5.74) is 1.14. The second-order valence-corrected chi connectivity index (χ2v) is 10.5. The zero-order chi connectivity index (χ0) is 24.3. The molecule has 2 bridgehead atoms. The molecule has 0 radical (unpaired) electrons. The summed E-state index contributed by atoms with van der Waals surface area (Å²) in [6, 6.07) is 11.9. The molecule has 180 valence electrons. The van der Waals surface area contributed by atoms with E-state index >= 15 is 0 Å². The molecule has 2 amide bonds. The molecule has 1 atom stereocenters. The van der Waals surface area contributed by atoms with Gasteiger partial charge in [-0.3, -0.25) is 14.6 Å². The molecule has 2 saturated heterocycles. The second-order valence-electron chi connectivity index (χ2n) is 9.63. The van der Waals surface area contributed by atoms with E-state index in [1.165, 1.54) is 0 Å². The summed E-state index contributed by atoms with van der Waals surface area (Å²) >= 11 is 4.90. The highest BCUT2D eigenvalue weighted by atomic mass is 32.1. The largest absolute Gasteiger partial charge is 0.339 e. The van der Waals surface area contributed by atoms with Gasteiger partial charge in [0, 0.05) is 42.9 Å². The third-order valence-electron chi connectivity index (χ3n) is 7.70. The van der Waals surface area contributed by atoms with Crippen molar-refractivity contribution in [2.45, 2.75) is 69.2 Å². The molecular formula is C27H34N4O2S. The minimum atomic E-state index is -0.751. The summed E-state index contributed by atoms with van der Waals surface area (Å²) in [5.74, 6) is 0.101. The van der Waals surface area contributed by atoms with Crippen molar-refractivity contribution < 1.29 is 9.59 Å². The highest BCUT2D eigenvalue weighted by molar-refractivity contribution is 7.82. The van der Waals surface area contributed by atoms with Gasteiger partial charge in [0.05, 0.1) is 16.4 Å². The quantitative estimate of drug-likeness (QED) is 0.659. The average Bonchev–Trinajstić information content (AvgIpc) is 3.19. The summed E-state index contributed by atoms with van der Waals surface area (Å²) in [6.45, 7) is 5.80. The number of nitrogens with zero attached hydrogens (tertiary/aromatic N) is 4. The van der Waals surface area contributed by atoms with Crippen LogP contribution in [0.1, 0.15) is 62.7 Å². The highest BCUT2D eigenvalue weighted by Crippen LogP contribution is 2.53. The van der Waals surface area contributed by atoms with Gasteiger partial charge in [-0.25, -0.2) is 0 Å². The van der Waals surface area contributed by atoms with Crippen LogP contribution < -0.4 is 0 Å². The molecule has 0 N–H and O–H groups in total. The number of fused-ring (bicyclic) bond motifs is 1. The molecule has 1 aliphatic carbocycles. The van der Waals surface area contributed by atoms with Gasteiger partial charge >= 0.3 is 0 Å². The zero-order valence-electron chi connectivity index (χ0n) is 20.1. The summed E-state index contributed by atoms with van der Waals surface area (Å²) in [4.78, 5) is 34.9. The van der Waals surface area contributed by atoms with Crippen LogP contribution in [0.25, 0.3) is 0 Å². The normalized spacial score (nSPS) is 29.1. The van der Waals surface area contributed by atoms with Gasteiger partial charge in [0.2, 0.25) is 5.91 Å². The molecule has 1 aromatic carbocycles. The number of rotatable bonds is 3. The van der Waals surface area contributed by atoms with E-state index in [-0.39, 0.29) is 29.3 Å². The van der Waals surface area contributed by atoms with Crippen molar-refractivity contribution in [3.8, 4) is 6.07 Å². The number of allylic oxidation sites excluding steroid dienone is 1. The molecule has 5 aliphatic rings. The number of benzene rings is 1. The van der Waals surface area contributed by atoms with Crippen LogP contribution in [0.2, 0.25) is 0 Å². The Kier molecular flexibility index (Phi) is 7.18. The van der Waals surface area contributed by atoms with E-state index in [0.717, 1.165) is 32.2 Å². The molecule has 6 rings (SSSR count). The van der Waals surface area contributed by atoms with Gasteiger partial charge in [0.1, 0.15) is 6.07 Å². The van der Waals surface area contributed by atoms with E-state index in [1.807, 2.05) is 54.0 Å². The van der Waals surface area contributed by atoms with Crippen LogP contribution in [0.4, 0.5) is 0 Å². The predicted octanol–water partition coefficient (Wildman–Crippen LogP) is 4.29. The first-order chi connectivity index (χ1) is 16.4. The van der Waals surface area contributed by atoms with Crippen LogP contribution in [0.5, 0.6) is 0 Å².